The molecule has 0 unspecified atom stereocenters. The summed E-state index contributed by atoms with van der Waals surface area (Å²) in [7, 11) is -2.34. The summed E-state index contributed by atoms with van der Waals surface area (Å²) in [6, 6.07) is 19.1. The number of carbonyl (C=O) groups is 1. The number of rotatable bonds is 12. The molecule has 11 heteroatoms. The number of para-hydroxylation sites is 2. The first kappa shape index (κ1) is 27.8. The third-order valence-electron chi connectivity index (χ3n) is 5.00. The van der Waals surface area contributed by atoms with Gasteiger partial charge in [-0.3, -0.25) is 9.10 Å². The molecular formula is C26H28ClN3O6S. The number of halogens is 1. The monoisotopic (exact) mass is 545 g/mol. The Kier molecular flexibility index (Phi) is 9.76. The van der Waals surface area contributed by atoms with Crippen LogP contribution in [0.2, 0.25) is 5.02 Å². The van der Waals surface area contributed by atoms with Crippen LogP contribution in [0.25, 0.3) is 0 Å². The van der Waals surface area contributed by atoms with E-state index in [1.54, 1.807) is 48.5 Å². The number of anilines is 1. The molecule has 3 aromatic rings. The summed E-state index contributed by atoms with van der Waals surface area (Å²) in [6.45, 7) is 2.12. The Morgan fingerprint density at radius 1 is 1.03 bits per heavy atom. The lowest BCUT2D eigenvalue weighted by Gasteiger charge is -2.23. The van der Waals surface area contributed by atoms with E-state index in [1.165, 1.54) is 13.3 Å². The molecule has 0 aliphatic rings. The number of nitrogens with one attached hydrogen (secondary N) is 1. The SMILES string of the molecule is CCOc1cc(/C=N/NC(=O)CN(c2ccccc2OC)S(C)(=O)=O)ccc1OCc1cccc(Cl)c1. The molecule has 9 nitrogen and oxygen atoms in total. The molecule has 3 aromatic carbocycles. The van der Waals surface area contributed by atoms with Gasteiger partial charge in [0.05, 0.1) is 31.9 Å². The van der Waals surface area contributed by atoms with E-state index in [4.69, 9.17) is 25.8 Å². The number of hydrogen-bond acceptors (Lipinski definition) is 7. The number of hydrazone groups is 1. The standard InChI is InChI=1S/C26H28ClN3O6S/c1-4-35-25-15-19(12-13-24(25)36-18-20-8-7-9-21(27)14-20)16-28-29-26(31)17-30(37(3,32)33)22-10-5-6-11-23(22)34-2/h5-16H,4,17-18H2,1-3H3,(H,29,31)/b28-16+. The van der Waals surface area contributed by atoms with Crippen molar-refractivity contribution in [2.45, 2.75) is 13.5 Å². The molecule has 0 bridgehead atoms. The summed E-state index contributed by atoms with van der Waals surface area (Å²) in [6.07, 6.45) is 2.44. The second kappa shape index (κ2) is 13.0. The molecule has 1 N–H and O–H groups in total. The van der Waals surface area contributed by atoms with Crippen molar-refractivity contribution in [1.29, 1.82) is 0 Å². The third-order valence-corrected chi connectivity index (χ3v) is 6.36. The molecule has 37 heavy (non-hydrogen) atoms. The molecule has 0 saturated carbocycles. The van der Waals surface area contributed by atoms with Gasteiger partial charge in [0.15, 0.2) is 11.5 Å². The van der Waals surface area contributed by atoms with Gasteiger partial charge in [0.25, 0.3) is 5.91 Å². The molecule has 0 heterocycles. The van der Waals surface area contributed by atoms with E-state index < -0.39 is 22.5 Å². The molecular weight excluding hydrogens is 518 g/mol. The van der Waals surface area contributed by atoms with E-state index in [0.717, 1.165) is 16.1 Å². The number of methoxy groups -OCH3 is 1. The number of nitrogens with zero attached hydrogens (tertiary/aromatic N) is 2. The Balaban J connectivity index is 1.67. The lowest BCUT2D eigenvalue weighted by Crippen LogP contribution is -2.39. The largest absolute Gasteiger partial charge is 0.495 e. The summed E-state index contributed by atoms with van der Waals surface area (Å²) in [5.74, 6) is 0.757. The Bertz CT molecular complexity index is 1360. The minimum Gasteiger partial charge on any atom is -0.495 e. The van der Waals surface area contributed by atoms with Crippen molar-refractivity contribution < 1.29 is 27.4 Å². The van der Waals surface area contributed by atoms with Crippen molar-refractivity contribution in [2.75, 3.05) is 30.8 Å². The van der Waals surface area contributed by atoms with Crippen molar-refractivity contribution in [3.8, 4) is 17.2 Å². The summed E-state index contributed by atoms with van der Waals surface area (Å²) >= 11 is 6.03. The lowest BCUT2D eigenvalue weighted by molar-refractivity contribution is -0.119. The summed E-state index contributed by atoms with van der Waals surface area (Å²) in [5, 5.41) is 4.59. The first-order valence-corrected chi connectivity index (χ1v) is 13.5. The predicted molar refractivity (Wildman–Crippen MR) is 144 cm³/mol. The molecule has 3 rings (SSSR count). The Morgan fingerprint density at radius 2 is 1.81 bits per heavy atom. The van der Waals surface area contributed by atoms with Crippen LogP contribution in [0.5, 0.6) is 17.2 Å². The van der Waals surface area contributed by atoms with Gasteiger partial charge in [0.1, 0.15) is 18.9 Å². The highest BCUT2D eigenvalue weighted by molar-refractivity contribution is 7.92. The van der Waals surface area contributed by atoms with Crippen molar-refractivity contribution in [3.05, 3.63) is 82.9 Å². The Morgan fingerprint density at radius 3 is 2.51 bits per heavy atom. The zero-order valence-corrected chi connectivity index (χ0v) is 22.3. The molecule has 1 amide bonds. The molecule has 0 saturated heterocycles. The first-order valence-electron chi connectivity index (χ1n) is 11.3. The molecule has 196 valence electrons. The summed E-state index contributed by atoms with van der Waals surface area (Å²) < 4.78 is 42.5. The van der Waals surface area contributed by atoms with Crippen LogP contribution in [0, 0.1) is 0 Å². The number of sulfonamides is 1. The number of benzene rings is 3. The summed E-state index contributed by atoms with van der Waals surface area (Å²) in [5.41, 5.74) is 4.17. The maximum atomic E-state index is 12.5. The highest BCUT2D eigenvalue weighted by Gasteiger charge is 2.23. The van der Waals surface area contributed by atoms with Gasteiger partial charge in [0, 0.05) is 5.02 Å². The maximum Gasteiger partial charge on any atom is 0.260 e. The predicted octanol–water partition coefficient (Wildman–Crippen LogP) is 4.24. The van der Waals surface area contributed by atoms with Crippen LogP contribution < -0.4 is 23.9 Å². The highest BCUT2D eigenvalue weighted by atomic mass is 35.5. The average molecular weight is 546 g/mol. The number of amides is 1. The van der Waals surface area contributed by atoms with Gasteiger partial charge in [-0.15, -0.1) is 0 Å². The molecule has 0 aliphatic carbocycles. The zero-order chi connectivity index (χ0) is 26.8. The van der Waals surface area contributed by atoms with Crippen LogP contribution in [0.3, 0.4) is 0 Å². The van der Waals surface area contributed by atoms with Gasteiger partial charge in [0.2, 0.25) is 10.0 Å². The normalized spacial score (nSPS) is 11.2. The maximum absolute atomic E-state index is 12.5. The Hall–Kier alpha value is -3.76. The molecule has 0 atom stereocenters. The van der Waals surface area contributed by atoms with Gasteiger partial charge < -0.3 is 14.2 Å². The van der Waals surface area contributed by atoms with E-state index in [9.17, 15) is 13.2 Å². The fourth-order valence-electron chi connectivity index (χ4n) is 3.34. The van der Waals surface area contributed by atoms with Gasteiger partial charge >= 0.3 is 0 Å². The van der Waals surface area contributed by atoms with Crippen LogP contribution in [0.1, 0.15) is 18.1 Å². The van der Waals surface area contributed by atoms with Crippen LogP contribution in [0.4, 0.5) is 5.69 Å². The fourth-order valence-corrected chi connectivity index (χ4v) is 4.41. The quantitative estimate of drug-likeness (QED) is 0.269. The zero-order valence-electron chi connectivity index (χ0n) is 20.7. The Labute approximate surface area is 221 Å². The molecule has 0 aromatic heterocycles. The van der Waals surface area contributed by atoms with Crippen LogP contribution >= 0.6 is 11.6 Å². The van der Waals surface area contributed by atoms with Crippen LogP contribution in [-0.4, -0.2) is 47.1 Å². The fraction of sp³-hybridized carbons (Fsp3) is 0.231. The van der Waals surface area contributed by atoms with Crippen LogP contribution in [-0.2, 0) is 21.4 Å². The molecule has 0 fully saturated rings. The van der Waals surface area contributed by atoms with E-state index in [1.807, 2.05) is 25.1 Å². The first-order chi connectivity index (χ1) is 17.7. The van der Waals surface area contributed by atoms with Gasteiger partial charge in [-0.25, -0.2) is 13.8 Å². The molecule has 0 aliphatic heterocycles. The van der Waals surface area contributed by atoms with Gasteiger partial charge in [-0.05, 0) is 60.5 Å². The van der Waals surface area contributed by atoms with Crippen LogP contribution in [0.15, 0.2) is 71.8 Å². The molecule has 0 radical (unpaired) electrons. The van der Waals surface area contributed by atoms with E-state index in [0.29, 0.717) is 41.0 Å². The number of carbonyl (C=O) groups excluding carboxylic acids is 1. The second-order valence-corrected chi connectivity index (χ2v) is 10.1. The highest BCUT2D eigenvalue weighted by Crippen LogP contribution is 2.30. The van der Waals surface area contributed by atoms with Crippen molar-refractivity contribution in [1.82, 2.24) is 5.43 Å². The lowest BCUT2D eigenvalue weighted by atomic mass is 10.2. The molecule has 0 spiro atoms. The van der Waals surface area contributed by atoms with Gasteiger partial charge in [-0.2, -0.15) is 5.10 Å². The average Bonchev–Trinajstić information content (AvgIpc) is 2.86. The number of ether oxygens (including phenoxy) is 3. The topological polar surface area (TPSA) is 107 Å². The minimum atomic E-state index is -3.76. The smallest absolute Gasteiger partial charge is 0.260 e. The minimum absolute atomic E-state index is 0.251. The third kappa shape index (κ3) is 8.12. The van der Waals surface area contributed by atoms with Crippen molar-refractivity contribution >= 4 is 39.4 Å². The second-order valence-electron chi connectivity index (χ2n) is 7.79. The number of hydrogen-bond donors (Lipinski definition) is 1. The van der Waals surface area contributed by atoms with Crippen molar-refractivity contribution in [2.24, 2.45) is 5.10 Å². The van der Waals surface area contributed by atoms with E-state index in [2.05, 4.69) is 10.5 Å². The van der Waals surface area contributed by atoms with E-state index in [-0.39, 0.29) is 5.69 Å². The van der Waals surface area contributed by atoms with Crippen molar-refractivity contribution in [3.63, 3.8) is 0 Å². The van der Waals surface area contributed by atoms with Gasteiger partial charge in [-0.1, -0.05) is 35.9 Å². The summed E-state index contributed by atoms with van der Waals surface area (Å²) in [4.78, 5) is 12.5. The van der Waals surface area contributed by atoms with E-state index >= 15 is 0 Å².